The maximum Gasteiger partial charge on any atom is 0.259 e. The van der Waals surface area contributed by atoms with Crippen molar-refractivity contribution in [3.8, 4) is 0 Å². The van der Waals surface area contributed by atoms with Gasteiger partial charge < -0.3 is 16.0 Å². The van der Waals surface area contributed by atoms with Gasteiger partial charge in [0.05, 0.1) is 23.4 Å². The normalized spacial score (nSPS) is 10.2. The fourth-order valence-corrected chi connectivity index (χ4v) is 2.79. The van der Waals surface area contributed by atoms with Crippen molar-refractivity contribution >= 4 is 23.0 Å². The molecule has 1 heterocycles. The fourth-order valence-electron chi connectivity index (χ4n) is 2.79. The van der Waals surface area contributed by atoms with Gasteiger partial charge in [0.1, 0.15) is 23.1 Å². The standard InChI is InChI=1S/C20H15F3N4O2.CH4/c21-12-5-4-10(9-16(24)28)8-11(12)18(25)17-15(6-7-26-20(17)29)27-19-13(22)2-1-3-14(19)23;/h1-8,25H,9H2,(H2,24,28)(H2,26,27,29);1H4. The van der Waals surface area contributed by atoms with Crippen molar-refractivity contribution in [2.45, 2.75) is 13.8 Å². The number of anilines is 2. The van der Waals surface area contributed by atoms with Crippen molar-refractivity contribution in [1.29, 1.82) is 5.41 Å². The summed E-state index contributed by atoms with van der Waals surface area (Å²) in [6, 6.07) is 8.12. The monoisotopic (exact) mass is 416 g/mol. The highest BCUT2D eigenvalue weighted by molar-refractivity contribution is 6.14. The minimum atomic E-state index is -0.905. The van der Waals surface area contributed by atoms with Crippen LogP contribution in [0.15, 0.2) is 53.5 Å². The summed E-state index contributed by atoms with van der Waals surface area (Å²) >= 11 is 0. The number of primary amides is 1. The van der Waals surface area contributed by atoms with Crippen molar-refractivity contribution in [3.05, 3.63) is 93.2 Å². The Labute approximate surface area is 170 Å². The number of pyridine rings is 1. The largest absolute Gasteiger partial charge is 0.369 e. The number of rotatable bonds is 6. The number of carbonyl (C=O) groups excluding carboxylic acids is 1. The third kappa shape index (κ3) is 4.57. The number of aromatic amines is 1. The number of halogens is 3. The van der Waals surface area contributed by atoms with E-state index in [2.05, 4.69) is 10.3 Å². The van der Waals surface area contributed by atoms with Crippen LogP contribution in [-0.4, -0.2) is 16.6 Å². The average Bonchev–Trinajstić information content (AvgIpc) is 2.65. The summed E-state index contributed by atoms with van der Waals surface area (Å²) in [6.45, 7) is 0. The van der Waals surface area contributed by atoms with Crippen molar-refractivity contribution < 1.29 is 18.0 Å². The lowest BCUT2D eigenvalue weighted by Gasteiger charge is -2.14. The molecule has 1 aromatic heterocycles. The van der Waals surface area contributed by atoms with Crippen LogP contribution in [0.1, 0.15) is 24.1 Å². The number of hydrogen-bond donors (Lipinski definition) is 4. The summed E-state index contributed by atoms with van der Waals surface area (Å²) in [5.74, 6) is -3.27. The van der Waals surface area contributed by atoms with Gasteiger partial charge in [-0.3, -0.25) is 15.0 Å². The SMILES string of the molecule is C.N=C(c1cc(CC(N)=O)ccc1F)c1c(Nc2c(F)cccc2F)cc[nH]c1=O. The molecule has 0 bridgehead atoms. The maximum absolute atomic E-state index is 14.4. The van der Waals surface area contributed by atoms with Crippen LogP contribution >= 0.6 is 0 Å². The zero-order valence-electron chi connectivity index (χ0n) is 14.9. The molecule has 0 unspecified atom stereocenters. The zero-order chi connectivity index (χ0) is 21.1. The van der Waals surface area contributed by atoms with Gasteiger partial charge in [-0.15, -0.1) is 0 Å². The molecule has 9 heteroatoms. The number of nitrogens with two attached hydrogens (primary N) is 1. The van der Waals surface area contributed by atoms with Gasteiger partial charge >= 0.3 is 0 Å². The summed E-state index contributed by atoms with van der Waals surface area (Å²) in [7, 11) is 0. The number of benzene rings is 2. The van der Waals surface area contributed by atoms with Gasteiger partial charge in [-0.1, -0.05) is 19.6 Å². The van der Waals surface area contributed by atoms with E-state index in [0.717, 1.165) is 18.2 Å². The van der Waals surface area contributed by atoms with Crippen LogP contribution in [0, 0.1) is 22.9 Å². The Morgan fingerprint density at radius 2 is 1.73 bits per heavy atom. The smallest absolute Gasteiger partial charge is 0.259 e. The van der Waals surface area contributed by atoms with Crippen LogP contribution in [0.2, 0.25) is 0 Å². The lowest BCUT2D eigenvalue weighted by Crippen LogP contribution is -2.22. The topological polar surface area (TPSA) is 112 Å². The van der Waals surface area contributed by atoms with Crippen molar-refractivity contribution in [2.24, 2.45) is 5.73 Å². The predicted molar refractivity (Wildman–Crippen MR) is 109 cm³/mol. The van der Waals surface area contributed by atoms with Crippen LogP contribution in [-0.2, 0) is 11.2 Å². The Bertz CT molecular complexity index is 1150. The van der Waals surface area contributed by atoms with Crippen LogP contribution in [0.25, 0.3) is 0 Å². The minimum Gasteiger partial charge on any atom is -0.369 e. The lowest BCUT2D eigenvalue weighted by molar-refractivity contribution is -0.117. The molecule has 0 aliphatic carbocycles. The first kappa shape index (κ1) is 22.4. The molecule has 0 aliphatic rings. The quantitative estimate of drug-likeness (QED) is 0.461. The Hall–Kier alpha value is -3.88. The Balaban J connectivity index is 0.00000320. The molecule has 6 nitrogen and oxygen atoms in total. The fraction of sp³-hybridized carbons (Fsp3) is 0.0952. The molecule has 0 aliphatic heterocycles. The molecule has 156 valence electrons. The number of amides is 1. The highest BCUT2D eigenvalue weighted by atomic mass is 19.1. The van der Waals surface area contributed by atoms with E-state index in [1.54, 1.807) is 0 Å². The minimum absolute atomic E-state index is 0. The number of hydrogen-bond acceptors (Lipinski definition) is 4. The first-order valence-electron chi connectivity index (χ1n) is 8.36. The van der Waals surface area contributed by atoms with Gasteiger partial charge in [-0.2, -0.15) is 0 Å². The van der Waals surface area contributed by atoms with E-state index in [0.29, 0.717) is 5.56 Å². The molecule has 2 aromatic carbocycles. The third-order valence-electron chi connectivity index (χ3n) is 4.11. The third-order valence-corrected chi connectivity index (χ3v) is 4.11. The molecule has 0 radical (unpaired) electrons. The second kappa shape index (κ2) is 9.08. The number of aromatic nitrogens is 1. The molecular formula is C21H19F3N4O2. The molecule has 30 heavy (non-hydrogen) atoms. The van der Waals surface area contributed by atoms with E-state index < -0.39 is 40.3 Å². The number of nitrogens with one attached hydrogen (secondary N) is 3. The second-order valence-corrected chi connectivity index (χ2v) is 6.15. The Kier molecular flexibility index (Phi) is 6.78. The average molecular weight is 416 g/mol. The molecule has 3 rings (SSSR count). The van der Waals surface area contributed by atoms with E-state index in [4.69, 9.17) is 11.1 Å². The molecule has 0 saturated carbocycles. The molecule has 1 amide bonds. The van der Waals surface area contributed by atoms with E-state index in [1.165, 1.54) is 30.5 Å². The van der Waals surface area contributed by atoms with Crippen LogP contribution in [0.4, 0.5) is 24.5 Å². The van der Waals surface area contributed by atoms with Gasteiger partial charge in [0.2, 0.25) is 5.91 Å². The van der Waals surface area contributed by atoms with Crippen molar-refractivity contribution in [3.63, 3.8) is 0 Å². The van der Waals surface area contributed by atoms with E-state index in [9.17, 15) is 22.8 Å². The van der Waals surface area contributed by atoms with E-state index in [1.807, 2.05) is 0 Å². The Morgan fingerprint density at radius 3 is 2.37 bits per heavy atom. The van der Waals surface area contributed by atoms with Gasteiger partial charge in [0.25, 0.3) is 5.56 Å². The number of H-pyrrole nitrogens is 1. The second-order valence-electron chi connectivity index (χ2n) is 6.15. The summed E-state index contributed by atoms with van der Waals surface area (Å²) < 4.78 is 42.3. The zero-order valence-corrected chi connectivity index (χ0v) is 14.9. The molecule has 0 fully saturated rings. The van der Waals surface area contributed by atoms with Crippen molar-refractivity contribution in [1.82, 2.24) is 4.98 Å². The molecular weight excluding hydrogens is 397 g/mol. The van der Waals surface area contributed by atoms with Crippen LogP contribution < -0.4 is 16.6 Å². The summed E-state index contributed by atoms with van der Waals surface area (Å²) in [6.07, 6.45) is 1.04. The van der Waals surface area contributed by atoms with Gasteiger partial charge in [0.15, 0.2) is 0 Å². The number of para-hydroxylation sites is 1. The summed E-state index contributed by atoms with van der Waals surface area (Å²) in [5.41, 5.74) is 2.98. The predicted octanol–water partition coefficient (Wildman–Crippen LogP) is 3.62. The summed E-state index contributed by atoms with van der Waals surface area (Å²) in [5, 5.41) is 10.8. The van der Waals surface area contributed by atoms with E-state index in [-0.39, 0.29) is 30.7 Å². The maximum atomic E-state index is 14.4. The van der Waals surface area contributed by atoms with Crippen LogP contribution in [0.3, 0.4) is 0 Å². The molecule has 5 N–H and O–H groups in total. The highest BCUT2D eigenvalue weighted by Gasteiger charge is 2.20. The van der Waals surface area contributed by atoms with Crippen molar-refractivity contribution in [2.75, 3.05) is 5.32 Å². The number of carbonyl (C=O) groups is 1. The van der Waals surface area contributed by atoms with Gasteiger partial charge in [-0.25, -0.2) is 13.2 Å². The lowest BCUT2D eigenvalue weighted by atomic mass is 9.98. The molecule has 0 atom stereocenters. The Morgan fingerprint density at radius 1 is 1.07 bits per heavy atom. The van der Waals surface area contributed by atoms with Crippen LogP contribution in [0.5, 0.6) is 0 Å². The first-order valence-corrected chi connectivity index (χ1v) is 8.36. The van der Waals surface area contributed by atoms with Gasteiger partial charge in [-0.05, 0) is 35.9 Å². The first-order chi connectivity index (χ1) is 13.8. The highest BCUT2D eigenvalue weighted by Crippen LogP contribution is 2.26. The summed E-state index contributed by atoms with van der Waals surface area (Å²) in [4.78, 5) is 25.8. The molecule has 0 spiro atoms. The molecule has 3 aromatic rings. The molecule has 0 saturated heterocycles. The van der Waals surface area contributed by atoms with Gasteiger partial charge in [0, 0.05) is 11.8 Å². The van der Waals surface area contributed by atoms with E-state index >= 15 is 0 Å².